The van der Waals surface area contributed by atoms with E-state index in [0.29, 0.717) is 5.82 Å². The summed E-state index contributed by atoms with van der Waals surface area (Å²) < 4.78 is 6.59. The number of urea groups is 1. The van der Waals surface area contributed by atoms with Crippen molar-refractivity contribution in [3.05, 3.63) is 47.7 Å². The summed E-state index contributed by atoms with van der Waals surface area (Å²) in [6.07, 6.45) is 0.0414. The van der Waals surface area contributed by atoms with Crippen LogP contribution >= 0.6 is 0 Å². The molecule has 1 aromatic heterocycles. The molecule has 1 unspecified atom stereocenters. The van der Waals surface area contributed by atoms with Gasteiger partial charge in [0, 0.05) is 11.5 Å². The van der Waals surface area contributed by atoms with Crippen molar-refractivity contribution in [3.8, 4) is 0 Å². The first-order chi connectivity index (χ1) is 13.4. The molecule has 0 saturated carbocycles. The first-order valence-corrected chi connectivity index (χ1v) is 9.72. The topological polar surface area (TPSA) is 85.2 Å². The molecule has 2 N–H and O–H groups in total. The van der Waals surface area contributed by atoms with Gasteiger partial charge in [-0.05, 0) is 26.3 Å². The van der Waals surface area contributed by atoms with Crippen molar-refractivity contribution in [2.45, 2.75) is 65.0 Å². The number of hydrogen-bond donors (Lipinski definition) is 2. The zero-order valence-electron chi connectivity index (χ0n) is 18.4. The maximum absolute atomic E-state index is 12.8. The Bertz CT molecular complexity index is 845. The summed E-state index contributed by atoms with van der Waals surface area (Å²) in [5, 5.41) is 10.5. The molecule has 1 atom stereocenters. The number of esters is 1. The molecule has 158 valence electrons. The summed E-state index contributed by atoms with van der Waals surface area (Å²) in [6, 6.07) is 10.3. The number of nitrogens with one attached hydrogen (secondary N) is 2. The predicted molar refractivity (Wildman–Crippen MR) is 114 cm³/mol. The summed E-state index contributed by atoms with van der Waals surface area (Å²) in [5.74, 6) is 0.207. The van der Waals surface area contributed by atoms with Gasteiger partial charge in [-0.1, -0.05) is 51.1 Å². The maximum atomic E-state index is 12.8. The summed E-state index contributed by atoms with van der Waals surface area (Å²) in [6.45, 7) is 12.3. The molecule has 2 aromatic rings. The van der Waals surface area contributed by atoms with Gasteiger partial charge in [0.2, 0.25) is 0 Å². The Kier molecular flexibility index (Phi) is 6.72. The van der Waals surface area contributed by atoms with Crippen LogP contribution < -0.4 is 10.6 Å². The third-order valence-corrected chi connectivity index (χ3v) is 4.46. The Hall–Kier alpha value is -2.83. The molecule has 0 aliphatic carbocycles. The van der Waals surface area contributed by atoms with Gasteiger partial charge in [0.25, 0.3) is 0 Å². The summed E-state index contributed by atoms with van der Waals surface area (Å²) >= 11 is 0. The monoisotopic (exact) mass is 400 g/mol. The lowest BCUT2D eigenvalue weighted by Gasteiger charge is -2.24. The van der Waals surface area contributed by atoms with E-state index in [1.165, 1.54) is 7.11 Å². The van der Waals surface area contributed by atoms with Gasteiger partial charge in [0.15, 0.2) is 0 Å². The molecule has 2 amide bonds. The highest BCUT2D eigenvalue weighted by atomic mass is 16.5. The number of carbonyl (C=O) groups is 2. The molecule has 0 saturated heterocycles. The highest BCUT2D eigenvalue weighted by Crippen LogP contribution is 2.28. The molecule has 7 heteroatoms. The van der Waals surface area contributed by atoms with Crippen LogP contribution in [0.2, 0.25) is 0 Å². The van der Waals surface area contributed by atoms with Gasteiger partial charge in [0.1, 0.15) is 5.82 Å². The van der Waals surface area contributed by atoms with Gasteiger partial charge in [-0.15, -0.1) is 0 Å². The fourth-order valence-corrected chi connectivity index (χ4v) is 2.85. The van der Waals surface area contributed by atoms with E-state index in [-0.39, 0.29) is 17.4 Å². The molecule has 7 nitrogen and oxygen atoms in total. The zero-order valence-corrected chi connectivity index (χ0v) is 18.4. The number of benzene rings is 1. The highest BCUT2D eigenvalue weighted by molar-refractivity contribution is 5.89. The van der Waals surface area contributed by atoms with Crippen molar-refractivity contribution in [1.29, 1.82) is 0 Å². The van der Waals surface area contributed by atoms with Gasteiger partial charge in [-0.25, -0.2) is 9.48 Å². The Balaban J connectivity index is 2.25. The van der Waals surface area contributed by atoms with Crippen molar-refractivity contribution < 1.29 is 14.3 Å². The third-order valence-electron chi connectivity index (χ3n) is 4.46. The fraction of sp³-hybridized carbons (Fsp3) is 0.500. The third kappa shape index (κ3) is 6.07. The molecular formula is C22H32N4O3. The number of methoxy groups -OCH3 is 1. The number of rotatable bonds is 5. The van der Waals surface area contributed by atoms with E-state index < -0.39 is 18.0 Å². The van der Waals surface area contributed by atoms with Crippen LogP contribution in [0.3, 0.4) is 0 Å². The summed E-state index contributed by atoms with van der Waals surface area (Å²) in [4.78, 5) is 24.6. The number of ether oxygens (including phenoxy) is 1. The second kappa shape index (κ2) is 8.68. The minimum Gasteiger partial charge on any atom is -0.469 e. The number of anilines is 1. The average Bonchev–Trinajstić information content (AvgIpc) is 3.06. The minimum atomic E-state index is -0.503. The largest absolute Gasteiger partial charge is 0.469 e. The second-order valence-corrected chi connectivity index (χ2v) is 9.09. The molecule has 0 spiro atoms. The van der Waals surface area contributed by atoms with Crippen LogP contribution in [0.5, 0.6) is 0 Å². The molecule has 0 aliphatic heterocycles. The normalized spacial score (nSPS) is 12.9. The first kappa shape index (κ1) is 22.5. The predicted octanol–water partition coefficient (Wildman–Crippen LogP) is 4.36. The SMILES string of the molecule is COC(=O)CC(NC(=O)Nc1cc(C(C)(C)C)nn1C(C)(C)C)c1ccccc1. The smallest absolute Gasteiger partial charge is 0.320 e. The molecule has 0 aliphatic rings. The first-order valence-electron chi connectivity index (χ1n) is 9.72. The van der Waals surface area contributed by atoms with Crippen LogP contribution in [-0.4, -0.2) is 28.9 Å². The van der Waals surface area contributed by atoms with Gasteiger partial charge in [-0.2, -0.15) is 5.10 Å². The summed E-state index contributed by atoms with van der Waals surface area (Å²) in [5.41, 5.74) is 1.25. The second-order valence-electron chi connectivity index (χ2n) is 9.09. The van der Waals surface area contributed by atoms with E-state index >= 15 is 0 Å². The highest BCUT2D eigenvalue weighted by Gasteiger charge is 2.26. The lowest BCUT2D eigenvalue weighted by atomic mass is 9.92. The Morgan fingerprint density at radius 1 is 1.10 bits per heavy atom. The molecular weight excluding hydrogens is 368 g/mol. The van der Waals surface area contributed by atoms with E-state index in [1.807, 2.05) is 61.9 Å². The van der Waals surface area contributed by atoms with Gasteiger partial charge >= 0.3 is 12.0 Å². The average molecular weight is 401 g/mol. The van der Waals surface area contributed by atoms with Gasteiger partial charge in [-0.3, -0.25) is 10.1 Å². The van der Waals surface area contributed by atoms with Crippen molar-refractivity contribution in [2.24, 2.45) is 0 Å². The lowest BCUT2D eigenvalue weighted by molar-refractivity contribution is -0.141. The minimum absolute atomic E-state index is 0.0414. The van der Waals surface area contributed by atoms with Crippen LogP contribution in [-0.2, 0) is 20.5 Å². The number of carbonyl (C=O) groups excluding carboxylic acids is 2. The molecule has 29 heavy (non-hydrogen) atoms. The Labute approximate surface area is 172 Å². The lowest BCUT2D eigenvalue weighted by Crippen LogP contribution is -2.35. The van der Waals surface area contributed by atoms with Crippen LogP contribution in [0.25, 0.3) is 0 Å². The molecule has 1 aromatic carbocycles. The van der Waals surface area contributed by atoms with Gasteiger partial charge in [0.05, 0.1) is 30.8 Å². The van der Waals surface area contributed by atoms with Crippen LogP contribution in [0.1, 0.15) is 65.3 Å². The number of amides is 2. The number of nitrogens with zero attached hydrogens (tertiary/aromatic N) is 2. The molecule has 1 heterocycles. The fourth-order valence-electron chi connectivity index (χ4n) is 2.85. The van der Waals surface area contributed by atoms with E-state index in [2.05, 4.69) is 31.4 Å². The van der Waals surface area contributed by atoms with Crippen LogP contribution in [0.4, 0.5) is 10.6 Å². The van der Waals surface area contributed by atoms with E-state index in [4.69, 9.17) is 9.84 Å². The molecule has 0 bridgehead atoms. The van der Waals surface area contributed by atoms with Crippen molar-refractivity contribution in [2.75, 3.05) is 12.4 Å². The van der Waals surface area contributed by atoms with E-state index in [9.17, 15) is 9.59 Å². The number of aromatic nitrogens is 2. The van der Waals surface area contributed by atoms with E-state index in [1.54, 1.807) is 0 Å². The number of hydrogen-bond acceptors (Lipinski definition) is 4. The molecule has 0 radical (unpaired) electrons. The molecule has 0 fully saturated rings. The Morgan fingerprint density at radius 2 is 1.72 bits per heavy atom. The Morgan fingerprint density at radius 3 is 2.24 bits per heavy atom. The maximum Gasteiger partial charge on any atom is 0.320 e. The quantitative estimate of drug-likeness (QED) is 0.730. The summed E-state index contributed by atoms with van der Waals surface area (Å²) in [7, 11) is 1.33. The molecule has 2 rings (SSSR count). The van der Waals surface area contributed by atoms with Crippen molar-refractivity contribution >= 4 is 17.8 Å². The van der Waals surface area contributed by atoms with Gasteiger partial charge < -0.3 is 10.1 Å². The van der Waals surface area contributed by atoms with E-state index in [0.717, 1.165) is 11.3 Å². The van der Waals surface area contributed by atoms with Crippen LogP contribution in [0.15, 0.2) is 36.4 Å². The standard InChI is InChI=1S/C22H32N4O3/c1-21(2,3)17-14-18(26(25-17)22(4,5)6)24-20(28)23-16(13-19(27)29-7)15-11-9-8-10-12-15/h8-12,14,16H,13H2,1-7H3,(H2,23,24,28). The zero-order chi connectivity index (χ0) is 21.8. The van der Waals surface area contributed by atoms with Crippen molar-refractivity contribution in [3.63, 3.8) is 0 Å². The van der Waals surface area contributed by atoms with Crippen molar-refractivity contribution in [1.82, 2.24) is 15.1 Å². The van der Waals surface area contributed by atoms with Crippen LogP contribution in [0, 0.1) is 0 Å².